The predicted molar refractivity (Wildman–Crippen MR) is 146 cm³/mol. The lowest BCUT2D eigenvalue weighted by atomic mass is 9.93. The Kier molecular flexibility index (Phi) is 6.66. The van der Waals surface area contributed by atoms with E-state index in [1.165, 1.54) is 4.90 Å². The monoisotopic (exact) mass is 515 g/mol. The van der Waals surface area contributed by atoms with E-state index < -0.39 is 5.91 Å². The first-order valence-corrected chi connectivity index (χ1v) is 12.9. The summed E-state index contributed by atoms with van der Waals surface area (Å²) in [5.41, 5.74) is 16.3. The molecule has 0 atom stereocenters. The highest BCUT2D eigenvalue weighted by molar-refractivity contribution is 6.09. The number of nitrogens with two attached hydrogens (primary N) is 2. The maximum absolute atomic E-state index is 13.8. The van der Waals surface area contributed by atoms with Crippen LogP contribution in [0.25, 0.3) is 22.0 Å². The first-order chi connectivity index (χ1) is 18.2. The minimum Gasteiger partial charge on any atom is -0.398 e. The highest BCUT2D eigenvalue weighted by atomic mass is 16.2. The Balaban J connectivity index is 1.54. The molecule has 198 valence electrons. The lowest BCUT2D eigenvalue weighted by Gasteiger charge is -2.34. The topological polar surface area (TPSA) is 131 Å². The summed E-state index contributed by atoms with van der Waals surface area (Å²) in [6.45, 7) is 10.2. The first-order valence-electron chi connectivity index (χ1n) is 12.9. The third-order valence-electron chi connectivity index (χ3n) is 7.53. The number of aryl methyl sites for hydroxylation is 1. The smallest absolute Gasteiger partial charge is 0.256 e. The fourth-order valence-corrected chi connectivity index (χ4v) is 5.45. The highest BCUT2D eigenvalue weighted by Crippen LogP contribution is 2.38. The van der Waals surface area contributed by atoms with Crippen molar-refractivity contribution in [2.75, 3.05) is 45.0 Å². The molecule has 0 saturated carbocycles. The summed E-state index contributed by atoms with van der Waals surface area (Å²) >= 11 is 0. The molecule has 0 radical (unpaired) electrons. The van der Waals surface area contributed by atoms with Crippen LogP contribution in [0, 0.1) is 0 Å². The van der Waals surface area contributed by atoms with Crippen LogP contribution >= 0.6 is 0 Å². The van der Waals surface area contributed by atoms with Gasteiger partial charge in [-0.05, 0) is 47.9 Å². The van der Waals surface area contributed by atoms with E-state index in [2.05, 4.69) is 23.5 Å². The SMILES string of the molecule is C=C(CN1Cc2c(-c3cc(C(=O)N4CCN(CCC)CC4)c4cnn(C)c4c3)ccc(N)c2C1=O)C(N)=O. The number of nitrogen functional groups attached to an aromatic ring is 1. The van der Waals surface area contributed by atoms with Crippen LogP contribution in [0.15, 0.2) is 42.6 Å². The molecule has 1 saturated heterocycles. The second-order valence-corrected chi connectivity index (χ2v) is 10.0. The van der Waals surface area contributed by atoms with Crippen LogP contribution in [0.1, 0.15) is 39.6 Å². The summed E-state index contributed by atoms with van der Waals surface area (Å²) in [6, 6.07) is 7.47. The van der Waals surface area contributed by atoms with Crippen LogP contribution in [0.5, 0.6) is 0 Å². The molecule has 5 rings (SSSR count). The number of hydrogen-bond donors (Lipinski definition) is 2. The zero-order chi connectivity index (χ0) is 27.1. The molecule has 2 aliphatic heterocycles. The molecule has 1 fully saturated rings. The molecule has 3 amide bonds. The second-order valence-electron chi connectivity index (χ2n) is 10.0. The van der Waals surface area contributed by atoms with Crippen molar-refractivity contribution in [1.29, 1.82) is 0 Å². The maximum Gasteiger partial charge on any atom is 0.256 e. The maximum atomic E-state index is 13.8. The van der Waals surface area contributed by atoms with Crippen molar-refractivity contribution in [3.8, 4) is 11.1 Å². The Hall–Kier alpha value is -4.18. The number of piperazine rings is 1. The molecule has 4 N–H and O–H groups in total. The van der Waals surface area contributed by atoms with Gasteiger partial charge >= 0.3 is 0 Å². The molecular weight excluding hydrogens is 482 g/mol. The van der Waals surface area contributed by atoms with Crippen molar-refractivity contribution >= 4 is 34.3 Å². The molecule has 10 nitrogen and oxygen atoms in total. The molecule has 0 bridgehead atoms. The molecule has 10 heteroatoms. The fourth-order valence-electron chi connectivity index (χ4n) is 5.45. The van der Waals surface area contributed by atoms with E-state index in [9.17, 15) is 14.4 Å². The van der Waals surface area contributed by atoms with Gasteiger partial charge in [0.1, 0.15) is 0 Å². The summed E-state index contributed by atoms with van der Waals surface area (Å²) in [4.78, 5) is 44.4. The average molecular weight is 516 g/mol. The van der Waals surface area contributed by atoms with Crippen LogP contribution in [0.3, 0.4) is 0 Å². The number of hydrogen-bond acceptors (Lipinski definition) is 6. The molecule has 3 aromatic rings. The lowest BCUT2D eigenvalue weighted by molar-refractivity contribution is -0.114. The molecule has 38 heavy (non-hydrogen) atoms. The minimum atomic E-state index is -0.651. The van der Waals surface area contributed by atoms with Crippen molar-refractivity contribution in [1.82, 2.24) is 24.5 Å². The molecule has 1 aromatic heterocycles. The Bertz CT molecular complexity index is 1470. The van der Waals surface area contributed by atoms with Crippen LogP contribution in [0.4, 0.5) is 5.69 Å². The van der Waals surface area contributed by atoms with Gasteiger partial charge in [-0.15, -0.1) is 0 Å². The molecule has 3 heterocycles. The largest absolute Gasteiger partial charge is 0.398 e. The van der Waals surface area contributed by atoms with Gasteiger partial charge in [0.2, 0.25) is 5.91 Å². The van der Waals surface area contributed by atoms with E-state index in [1.54, 1.807) is 16.9 Å². The number of aromatic nitrogens is 2. The Morgan fingerprint density at radius 1 is 1.13 bits per heavy atom. The standard InChI is InChI=1S/C28H33N7O3/c1-4-7-33-8-10-34(11-9-33)27(37)20-12-18(13-24-21(20)14-31-32(24)3)19-5-6-23(29)25-22(19)16-35(28(25)38)15-17(2)26(30)36/h5-6,12-14H,2,4,7-11,15-16,29H2,1,3H3,(H2,30,36). The molecule has 2 aromatic carbocycles. The number of primary amides is 1. The van der Waals surface area contributed by atoms with E-state index >= 15 is 0 Å². The van der Waals surface area contributed by atoms with Crippen molar-refractivity contribution < 1.29 is 14.4 Å². The quantitative estimate of drug-likeness (QED) is 0.366. The van der Waals surface area contributed by atoms with Crippen molar-refractivity contribution in [3.05, 3.63) is 59.3 Å². The normalized spacial score (nSPS) is 15.8. The number of nitrogens with zero attached hydrogens (tertiary/aromatic N) is 5. The number of anilines is 1. The number of amides is 3. The van der Waals surface area contributed by atoms with Gasteiger partial charge in [-0.1, -0.05) is 19.6 Å². The van der Waals surface area contributed by atoms with Crippen LogP contribution in [-0.4, -0.2) is 81.5 Å². The lowest BCUT2D eigenvalue weighted by Crippen LogP contribution is -2.48. The van der Waals surface area contributed by atoms with E-state index in [4.69, 9.17) is 11.5 Å². The Morgan fingerprint density at radius 3 is 2.55 bits per heavy atom. The summed E-state index contributed by atoms with van der Waals surface area (Å²) < 4.78 is 1.75. The number of carbonyl (C=O) groups excluding carboxylic acids is 3. The van der Waals surface area contributed by atoms with Crippen LogP contribution in [0.2, 0.25) is 0 Å². The van der Waals surface area contributed by atoms with Gasteiger partial charge in [0.15, 0.2) is 0 Å². The summed E-state index contributed by atoms with van der Waals surface area (Å²) in [6.07, 6.45) is 2.82. The summed E-state index contributed by atoms with van der Waals surface area (Å²) in [5, 5.41) is 5.21. The highest BCUT2D eigenvalue weighted by Gasteiger charge is 2.33. The third-order valence-corrected chi connectivity index (χ3v) is 7.53. The van der Waals surface area contributed by atoms with Gasteiger partial charge in [0.05, 0.1) is 29.4 Å². The van der Waals surface area contributed by atoms with Crippen LogP contribution in [-0.2, 0) is 18.4 Å². The van der Waals surface area contributed by atoms with Crippen molar-refractivity contribution in [2.24, 2.45) is 12.8 Å². The Morgan fingerprint density at radius 2 is 1.87 bits per heavy atom. The van der Waals surface area contributed by atoms with Gasteiger partial charge in [0.25, 0.3) is 11.8 Å². The van der Waals surface area contributed by atoms with E-state index in [1.807, 2.05) is 30.1 Å². The Labute approximate surface area is 221 Å². The molecule has 0 spiro atoms. The fraction of sp³-hybridized carbons (Fsp3) is 0.357. The second kappa shape index (κ2) is 9.94. The van der Waals surface area contributed by atoms with Crippen LogP contribution < -0.4 is 11.5 Å². The molecular formula is C28H33N7O3. The van der Waals surface area contributed by atoms with Gasteiger partial charge < -0.3 is 21.3 Å². The first kappa shape index (κ1) is 25.5. The van der Waals surface area contributed by atoms with Gasteiger partial charge in [-0.25, -0.2) is 0 Å². The average Bonchev–Trinajstić information content (AvgIpc) is 3.44. The minimum absolute atomic E-state index is 0.0240. The molecule has 2 aliphatic rings. The number of rotatable bonds is 7. The number of carbonyl (C=O) groups is 3. The number of benzene rings is 2. The summed E-state index contributed by atoms with van der Waals surface area (Å²) in [7, 11) is 1.85. The number of fused-ring (bicyclic) bond motifs is 2. The van der Waals surface area contributed by atoms with Gasteiger partial charge in [-0.2, -0.15) is 5.10 Å². The molecule has 0 aliphatic carbocycles. The molecule has 0 unspecified atom stereocenters. The third kappa shape index (κ3) is 4.41. The summed E-state index contributed by atoms with van der Waals surface area (Å²) in [5.74, 6) is -0.949. The zero-order valence-electron chi connectivity index (χ0n) is 21.9. The zero-order valence-corrected chi connectivity index (χ0v) is 21.9. The van der Waals surface area contributed by atoms with Gasteiger partial charge in [0, 0.05) is 56.4 Å². The van der Waals surface area contributed by atoms with E-state index in [0.29, 0.717) is 29.9 Å². The predicted octanol–water partition coefficient (Wildman–Crippen LogP) is 1.99. The van der Waals surface area contributed by atoms with Gasteiger partial charge in [-0.3, -0.25) is 24.0 Å². The van der Waals surface area contributed by atoms with E-state index in [0.717, 1.165) is 53.6 Å². The van der Waals surface area contributed by atoms with E-state index in [-0.39, 0.29) is 30.5 Å². The van der Waals surface area contributed by atoms with Crippen molar-refractivity contribution in [2.45, 2.75) is 19.9 Å². The van der Waals surface area contributed by atoms with Crippen molar-refractivity contribution in [3.63, 3.8) is 0 Å².